The highest BCUT2D eigenvalue weighted by Crippen LogP contribution is 2.28. The molecule has 0 spiro atoms. The molecule has 76 valence electrons. The second-order valence-corrected chi connectivity index (χ2v) is 2.98. The Bertz CT molecular complexity index is 350. The van der Waals surface area contributed by atoms with E-state index in [4.69, 9.17) is 10.5 Å². The Morgan fingerprint density at radius 1 is 1.57 bits per heavy atom. The molecule has 0 aliphatic carbocycles. The van der Waals surface area contributed by atoms with Gasteiger partial charge in [0.15, 0.2) is 5.75 Å². The topological polar surface area (TPSA) is 78.4 Å². The van der Waals surface area contributed by atoms with E-state index in [2.05, 4.69) is 0 Å². The number of benzene rings is 1. The molecule has 5 heteroatoms. The highest BCUT2D eigenvalue weighted by atomic mass is 16.6. The second kappa shape index (κ2) is 4.06. The zero-order valence-corrected chi connectivity index (χ0v) is 8.06. The van der Waals surface area contributed by atoms with Crippen LogP contribution in [-0.4, -0.2) is 12.0 Å². The molecule has 14 heavy (non-hydrogen) atoms. The molecule has 0 radical (unpaired) electrons. The van der Waals surface area contributed by atoms with Crippen LogP contribution in [0.4, 0.5) is 5.69 Å². The molecule has 0 aliphatic heterocycles. The summed E-state index contributed by atoms with van der Waals surface area (Å²) in [5.41, 5.74) is 6.41. The van der Waals surface area contributed by atoms with Crippen LogP contribution < -0.4 is 10.5 Å². The fourth-order valence-electron chi connectivity index (χ4n) is 1.13. The van der Waals surface area contributed by atoms with Gasteiger partial charge in [-0.15, -0.1) is 0 Å². The third-order valence-corrected chi connectivity index (χ3v) is 1.93. The summed E-state index contributed by atoms with van der Waals surface area (Å²) < 4.78 is 4.90. The Morgan fingerprint density at radius 3 is 2.64 bits per heavy atom. The van der Waals surface area contributed by atoms with Crippen molar-refractivity contribution in [3.8, 4) is 5.75 Å². The van der Waals surface area contributed by atoms with Crippen LogP contribution in [0.1, 0.15) is 18.5 Å². The van der Waals surface area contributed by atoms with Crippen molar-refractivity contribution in [1.82, 2.24) is 0 Å². The van der Waals surface area contributed by atoms with Gasteiger partial charge in [-0.25, -0.2) is 0 Å². The third-order valence-electron chi connectivity index (χ3n) is 1.93. The van der Waals surface area contributed by atoms with Crippen LogP contribution in [0.3, 0.4) is 0 Å². The van der Waals surface area contributed by atoms with E-state index in [-0.39, 0.29) is 17.5 Å². The van der Waals surface area contributed by atoms with Crippen LogP contribution in [0.2, 0.25) is 0 Å². The third kappa shape index (κ3) is 2.00. The van der Waals surface area contributed by atoms with E-state index >= 15 is 0 Å². The standard InChI is InChI=1S/C9H12N2O3/c1-6(10)7-3-4-8(11(12)13)9(5-7)14-2/h3-6H,10H2,1-2H3/t6-/m1/s1. The summed E-state index contributed by atoms with van der Waals surface area (Å²) in [5.74, 6) is 0.241. The van der Waals surface area contributed by atoms with Crippen molar-refractivity contribution >= 4 is 5.69 Å². The maximum Gasteiger partial charge on any atom is 0.310 e. The summed E-state index contributed by atoms with van der Waals surface area (Å²) in [6, 6.07) is 4.45. The van der Waals surface area contributed by atoms with Gasteiger partial charge in [-0.2, -0.15) is 0 Å². The first-order valence-corrected chi connectivity index (χ1v) is 4.14. The van der Waals surface area contributed by atoms with Gasteiger partial charge < -0.3 is 10.5 Å². The van der Waals surface area contributed by atoms with E-state index in [1.807, 2.05) is 0 Å². The first kappa shape index (κ1) is 10.5. The first-order chi connectivity index (χ1) is 6.56. The number of nitrogens with two attached hydrogens (primary N) is 1. The molecule has 0 unspecified atom stereocenters. The van der Waals surface area contributed by atoms with Gasteiger partial charge in [-0.05, 0) is 18.6 Å². The Labute approximate surface area is 81.6 Å². The Morgan fingerprint density at radius 2 is 2.21 bits per heavy atom. The van der Waals surface area contributed by atoms with Crippen molar-refractivity contribution in [3.05, 3.63) is 33.9 Å². The van der Waals surface area contributed by atoms with Gasteiger partial charge in [0.2, 0.25) is 0 Å². The van der Waals surface area contributed by atoms with Gasteiger partial charge in [0.05, 0.1) is 12.0 Å². The lowest BCUT2D eigenvalue weighted by Gasteiger charge is -2.07. The summed E-state index contributed by atoms with van der Waals surface area (Å²) >= 11 is 0. The largest absolute Gasteiger partial charge is 0.490 e. The zero-order valence-electron chi connectivity index (χ0n) is 8.06. The first-order valence-electron chi connectivity index (χ1n) is 4.14. The van der Waals surface area contributed by atoms with Crippen molar-refractivity contribution in [2.24, 2.45) is 5.73 Å². The average molecular weight is 196 g/mol. The summed E-state index contributed by atoms with van der Waals surface area (Å²) in [4.78, 5) is 10.1. The van der Waals surface area contributed by atoms with Crippen molar-refractivity contribution in [1.29, 1.82) is 0 Å². The molecule has 1 aromatic carbocycles. The minimum Gasteiger partial charge on any atom is -0.490 e. The molecule has 1 aromatic rings. The molecular formula is C9H12N2O3. The Hall–Kier alpha value is -1.62. The van der Waals surface area contributed by atoms with Crippen molar-refractivity contribution < 1.29 is 9.66 Å². The molecule has 0 aromatic heterocycles. The molecule has 2 N–H and O–H groups in total. The van der Waals surface area contributed by atoms with Gasteiger partial charge in [0, 0.05) is 12.1 Å². The van der Waals surface area contributed by atoms with Crippen molar-refractivity contribution in [3.63, 3.8) is 0 Å². The zero-order chi connectivity index (χ0) is 10.7. The Kier molecular flexibility index (Phi) is 3.03. The predicted molar refractivity (Wildman–Crippen MR) is 52.3 cm³/mol. The molecular weight excluding hydrogens is 184 g/mol. The molecule has 0 fully saturated rings. The molecule has 1 rings (SSSR count). The van der Waals surface area contributed by atoms with Crippen LogP contribution in [0, 0.1) is 10.1 Å². The van der Waals surface area contributed by atoms with Gasteiger partial charge in [0.25, 0.3) is 0 Å². The van der Waals surface area contributed by atoms with Gasteiger partial charge in [-0.1, -0.05) is 6.07 Å². The van der Waals surface area contributed by atoms with Gasteiger partial charge in [0.1, 0.15) is 0 Å². The van der Waals surface area contributed by atoms with Crippen LogP contribution in [0.5, 0.6) is 5.75 Å². The minimum atomic E-state index is -0.482. The molecule has 0 saturated heterocycles. The SMILES string of the molecule is COc1cc([C@@H](C)N)ccc1[N+](=O)[O-]. The van der Waals surface area contributed by atoms with E-state index in [9.17, 15) is 10.1 Å². The lowest BCUT2D eigenvalue weighted by molar-refractivity contribution is -0.385. The van der Waals surface area contributed by atoms with Gasteiger partial charge >= 0.3 is 5.69 Å². The summed E-state index contributed by atoms with van der Waals surface area (Å²) in [6.45, 7) is 1.81. The van der Waals surface area contributed by atoms with Crippen LogP contribution in [-0.2, 0) is 0 Å². The second-order valence-electron chi connectivity index (χ2n) is 2.98. The fraction of sp³-hybridized carbons (Fsp3) is 0.333. The molecule has 0 aliphatic rings. The molecule has 0 amide bonds. The lowest BCUT2D eigenvalue weighted by atomic mass is 10.1. The molecule has 1 atom stereocenters. The molecule has 0 bridgehead atoms. The number of nitro benzene ring substituents is 1. The highest BCUT2D eigenvalue weighted by Gasteiger charge is 2.15. The molecule has 0 saturated carbocycles. The number of rotatable bonds is 3. The Balaban J connectivity index is 3.18. The summed E-state index contributed by atoms with van der Waals surface area (Å²) in [5, 5.41) is 10.6. The summed E-state index contributed by atoms with van der Waals surface area (Å²) in [7, 11) is 1.40. The summed E-state index contributed by atoms with van der Waals surface area (Å²) in [6.07, 6.45) is 0. The van der Waals surface area contributed by atoms with E-state index < -0.39 is 4.92 Å². The number of hydrogen-bond acceptors (Lipinski definition) is 4. The molecule has 0 heterocycles. The maximum absolute atomic E-state index is 10.6. The monoisotopic (exact) mass is 196 g/mol. The number of ether oxygens (including phenoxy) is 1. The smallest absolute Gasteiger partial charge is 0.310 e. The molecule has 5 nitrogen and oxygen atoms in total. The lowest BCUT2D eigenvalue weighted by Crippen LogP contribution is -2.05. The number of hydrogen-bond donors (Lipinski definition) is 1. The number of nitro groups is 1. The normalized spacial score (nSPS) is 12.2. The average Bonchev–Trinajstić information content (AvgIpc) is 2.16. The quantitative estimate of drug-likeness (QED) is 0.588. The van der Waals surface area contributed by atoms with E-state index in [0.29, 0.717) is 0 Å². The van der Waals surface area contributed by atoms with Crippen LogP contribution in [0.25, 0.3) is 0 Å². The van der Waals surface area contributed by atoms with Crippen molar-refractivity contribution in [2.75, 3.05) is 7.11 Å². The number of methoxy groups -OCH3 is 1. The minimum absolute atomic E-state index is 0.0445. The van der Waals surface area contributed by atoms with E-state index in [1.165, 1.54) is 13.2 Å². The van der Waals surface area contributed by atoms with Gasteiger partial charge in [-0.3, -0.25) is 10.1 Å². The maximum atomic E-state index is 10.6. The predicted octanol–water partition coefficient (Wildman–Crippen LogP) is 1.62. The van der Waals surface area contributed by atoms with Crippen LogP contribution >= 0.6 is 0 Å². The van der Waals surface area contributed by atoms with E-state index in [0.717, 1.165) is 5.56 Å². The highest BCUT2D eigenvalue weighted by molar-refractivity contribution is 5.48. The number of nitrogens with zero attached hydrogens (tertiary/aromatic N) is 1. The van der Waals surface area contributed by atoms with Crippen molar-refractivity contribution in [2.45, 2.75) is 13.0 Å². The van der Waals surface area contributed by atoms with Crippen LogP contribution in [0.15, 0.2) is 18.2 Å². The fourth-order valence-corrected chi connectivity index (χ4v) is 1.13. The van der Waals surface area contributed by atoms with E-state index in [1.54, 1.807) is 19.1 Å².